The molecule has 0 fully saturated rings. The summed E-state index contributed by atoms with van der Waals surface area (Å²) in [7, 11) is 0. The summed E-state index contributed by atoms with van der Waals surface area (Å²) < 4.78 is 8.96. The number of hydrogen-bond donors (Lipinski definition) is 0. The summed E-state index contributed by atoms with van der Waals surface area (Å²) in [6, 6.07) is 87.1. The Kier molecular flexibility index (Phi) is 8.83. The number of benzene rings is 10. The molecule has 0 bridgehead atoms. The van der Waals surface area contributed by atoms with Crippen LogP contribution < -0.4 is 4.90 Å². The van der Waals surface area contributed by atoms with Gasteiger partial charge in [0.1, 0.15) is 11.2 Å². The van der Waals surface area contributed by atoms with E-state index in [0.717, 1.165) is 72.5 Å². The first-order chi connectivity index (χ1) is 31.3. The van der Waals surface area contributed by atoms with Gasteiger partial charge in [0, 0.05) is 49.6 Å². The number of furan rings is 1. The van der Waals surface area contributed by atoms with Crippen LogP contribution in [0.25, 0.3) is 93.9 Å². The fourth-order valence-corrected chi connectivity index (χ4v) is 9.48. The average molecular weight is 805 g/mol. The quantitative estimate of drug-likeness (QED) is 0.153. The van der Waals surface area contributed by atoms with Crippen LogP contribution in [0, 0.1) is 0 Å². The molecule has 63 heavy (non-hydrogen) atoms. The summed E-state index contributed by atoms with van der Waals surface area (Å²) in [4.78, 5) is 2.39. The highest BCUT2D eigenvalue weighted by Crippen LogP contribution is 2.44. The van der Waals surface area contributed by atoms with E-state index in [1.165, 1.54) is 38.5 Å². The standard InChI is InChI=1S/C60H40N2O/c1-2-16-41(17-3-1)42-32-34-43(35-33-42)48-20-4-9-27-55(48)61(47-19-14-18-45(40-47)50-25-15-26-54-53-24-8-13-31-59(53)63-60(50)54)46-38-36-44(37-39-46)49-21-5-10-28-56(49)62-57-29-11-6-22-51(57)52-23-7-12-30-58(52)62/h1-40H. The zero-order valence-corrected chi connectivity index (χ0v) is 34.4. The molecule has 0 atom stereocenters. The van der Waals surface area contributed by atoms with Crippen LogP contribution in [-0.2, 0) is 0 Å². The van der Waals surface area contributed by atoms with E-state index in [0.29, 0.717) is 0 Å². The van der Waals surface area contributed by atoms with Gasteiger partial charge in [0.05, 0.1) is 22.4 Å². The van der Waals surface area contributed by atoms with Crippen molar-refractivity contribution in [2.75, 3.05) is 4.90 Å². The number of hydrogen-bond acceptors (Lipinski definition) is 2. The molecule has 0 N–H and O–H groups in total. The van der Waals surface area contributed by atoms with Gasteiger partial charge < -0.3 is 13.9 Å². The van der Waals surface area contributed by atoms with Gasteiger partial charge in [0.25, 0.3) is 0 Å². The molecule has 10 aromatic carbocycles. The SMILES string of the molecule is c1ccc(-c2ccc(-c3ccccc3N(c3ccc(-c4ccccc4-n4c5ccccc5c5ccccc54)cc3)c3cccc(-c4cccc5c4oc4ccccc45)c3)cc2)cc1. The third-order valence-corrected chi connectivity index (χ3v) is 12.4. The van der Waals surface area contributed by atoms with Crippen molar-refractivity contribution in [3.05, 3.63) is 243 Å². The number of fused-ring (bicyclic) bond motifs is 6. The van der Waals surface area contributed by atoms with Crippen LogP contribution in [0.2, 0.25) is 0 Å². The van der Waals surface area contributed by atoms with Crippen molar-refractivity contribution >= 4 is 60.8 Å². The number of anilines is 3. The van der Waals surface area contributed by atoms with Crippen LogP contribution >= 0.6 is 0 Å². The van der Waals surface area contributed by atoms with E-state index >= 15 is 0 Å². The second-order valence-corrected chi connectivity index (χ2v) is 16.1. The number of nitrogens with zero attached hydrogens (tertiary/aromatic N) is 2. The van der Waals surface area contributed by atoms with Gasteiger partial charge in [-0.05, 0) is 82.4 Å². The van der Waals surface area contributed by atoms with Crippen molar-refractivity contribution in [1.82, 2.24) is 4.57 Å². The largest absolute Gasteiger partial charge is 0.455 e. The predicted molar refractivity (Wildman–Crippen MR) is 264 cm³/mol. The Morgan fingerprint density at radius 2 is 0.841 bits per heavy atom. The van der Waals surface area contributed by atoms with Crippen LogP contribution in [-0.4, -0.2) is 4.57 Å². The molecule has 3 heteroatoms. The molecule has 296 valence electrons. The van der Waals surface area contributed by atoms with E-state index in [9.17, 15) is 0 Å². The molecule has 0 unspecified atom stereocenters. The lowest BCUT2D eigenvalue weighted by Crippen LogP contribution is -2.11. The minimum atomic E-state index is 0.893. The Morgan fingerprint density at radius 3 is 1.62 bits per heavy atom. The molecule has 0 saturated carbocycles. The highest BCUT2D eigenvalue weighted by Gasteiger charge is 2.21. The highest BCUT2D eigenvalue weighted by atomic mass is 16.3. The Morgan fingerprint density at radius 1 is 0.317 bits per heavy atom. The molecule has 2 aromatic heterocycles. The third kappa shape index (κ3) is 6.29. The zero-order valence-electron chi connectivity index (χ0n) is 34.4. The Labute approximate surface area is 366 Å². The van der Waals surface area contributed by atoms with Crippen molar-refractivity contribution in [2.24, 2.45) is 0 Å². The van der Waals surface area contributed by atoms with Crippen molar-refractivity contribution < 1.29 is 4.42 Å². The summed E-state index contributed by atoms with van der Waals surface area (Å²) in [5, 5.41) is 4.74. The van der Waals surface area contributed by atoms with Gasteiger partial charge in [0.15, 0.2) is 0 Å². The molecular formula is C60H40N2O. The van der Waals surface area contributed by atoms with E-state index in [-0.39, 0.29) is 0 Å². The molecular weight excluding hydrogens is 765 g/mol. The minimum Gasteiger partial charge on any atom is -0.455 e. The van der Waals surface area contributed by atoms with Crippen LogP contribution in [0.15, 0.2) is 247 Å². The van der Waals surface area contributed by atoms with Crippen molar-refractivity contribution in [1.29, 1.82) is 0 Å². The molecule has 12 aromatic rings. The van der Waals surface area contributed by atoms with Gasteiger partial charge >= 0.3 is 0 Å². The minimum absolute atomic E-state index is 0.893. The third-order valence-electron chi connectivity index (χ3n) is 12.4. The summed E-state index contributed by atoms with van der Waals surface area (Å²) in [5.74, 6) is 0. The Bertz CT molecular complexity index is 3560. The fourth-order valence-electron chi connectivity index (χ4n) is 9.48. The molecule has 0 aliphatic carbocycles. The highest BCUT2D eigenvalue weighted by molar-refractivity contribution is 6.11. The average Bonchev–Trinajstić information content (AvgIpc) is 3.91. The number of para-hydroxylation sites is 6. The van der Waals surface area contributed by atoms with Gasteiger partial charge in [0.2, 0.25) is 0 Å². The molecule has 0 amide bonds. The van der Waals surface area contributed by atoms with Crippen LogP contribution in [0.5, 0.6) is 0 Å². The van der Waals surface area contributed by atoms with E-state index < -0.39 is 0 Å². The van der Waals surface area contributed by atoms with E-state index in [4.69, 9.17) is 4.42 Å². The van der Waals surface area contributed by atoms with Crippen molar-refractivity contribution in [2.45, 2.75) is 0 Å². The van der Waals surface area contributed by atoms with Crippen molar-refractivity contribution in [3.8, 4) is 50.2 Å². The lowest BCUT2D eigenvalue weighted by molar-refractivity contribution is 0.670. The Balaban J connectivity index is 1.01. The summed E-state index contributed by atoms with van der Waals surface area (Å²) in [5.41, 5.74) is 17.7. The first-order valence-corrected chi connectivity index (χ1v) is 21.5. The van der Waals surface area contributed by atoms with Crippen LogP contribution in [0.4, 0.5) is 17.1 Å². The molecule has 12 rings (SSSR count). The van der Waals surface area contributed by atoms with Crippen LogP contribution in [0.3, 0.4) is 0 Å². The summed E-state index contributed by atoms with van der Waals surface area (Å²) in [6.07, 6.45) is 0. The number of aromatic nitrogens is 1. The predicted octanol–water partition coefficient (Wildman–Crippen LogP) is 16.8. The Hall–Kier alpha value is -8.40. The second-order valence-electron chi connectivity index (χ2n) is 16.1. The zero-order chi connectivity index (χ0) is 41.7. The smallest absolute Gasteiger partial charge is 0.143 e. The molecule has 0 saturated heterocycles. The van der Waals surface area contributed by atoms with Gasteiger partial charge in [-0.3, -0.25) is 0 Å². The van der Waals surface area contributed by atoms with Crippen molar-refractivity contribution in [3.63, 3.8) is 0 Å². The lowest BCUT2D eigenvalue weighted by Gasteiger charge is -2.28. The summed E-state index contributed by atoms with van der Waals surface area (Å²) >= 11 is 0. The molecule has 0 radical (unpaired) electrons. The fraction of sp³-hybridized carbons (Fsp3) is 0. The molecule has 3 nitrogen and oxygen atoms in total. The van der Waals surface area contributed by atoms with Gasteiger partial charge in [-0.15, -0.1) is 0 Å². The molecule has 2 heterocycles. The first-order valence-electron chi connectivity index (χ1n) is 21.5. The monoisotopic (exact) mass is 804 g/mol. The first kappa shape index (κ1) is 36.5. The van der Waals surface area contributed by atoms with Crippen LogP contribution in [0.1, 0.15) is 0 Å². The van der Waals surface area contributed by atoms with Gasteiger partial charge in [-0.1, -0.05) is 188 Å². The summed E-state index contributed by atoms with van der Waals surface area (Å²) in [6.45, 7) is 0. The topological polar surface area (TPSA) is 21.3 Å². The molecule has 0 aliphatic rings. The normalized spacial score (nSPS) is 11.5. The molecule has 0 aliphatic heterocycles. The maximum Gasteiger partial charge on any atom is 0.143 e. The van der Waals surface area contributed by atoms with E-state index in [1.807, 2.05) is 12.1 Å². The van der Waals surface area contributed by atoms with E-state index in [1.54, 1.807) is 0 Å². The second kappa shape index (κ2) is 15.3. The van der Waals surface area contributed by atoms with E-state index in [2.05, 4.69) is 240 Å². The lowest BCUT2D eigenvalue weighted by atomic mass is 9.97. The van der Waals surface area contributed by atoms with Gasteiger partial charge in [-0.2, -0.15) is 0 Å². The van der Waals surface area contributed by atoms with Gasteiger partial charge in [-0.25, -0.2) is 0 Å². The maximum atomic E-state index is 6.55. The maximum absolute atomic E-state index is 6.55. The number of rotatable bonds is 8. The molecule has 0 spiro atoms.